The Morgan fingerprint density at radius 2 is 1.70 bits per heavy atom. The molecule has 1 aliphatic heterocycles. The molecule has 0 aromatic carbocycles. The average Bonchev–Trinajstić information content (AvgIpc) is 3.72. The number of esters is 1. The zero-order valence-electron chi connectivity index (χ0n) is 34.5. The highest BCUT2D eigenvalue weighted by Gasteiger charge is 2.59. The third kappa shape index (κ3) is 10.0. The molecule has 5 aliphatic rings. The number of aliphatic hydroxyl groups is 1. The molecule has 0 radical (unpaired) electrons. The number of nitrogens with one attached hydrogen (secondary N) is 2. The molecule has 3 saturated carbocycles. The summed E-state index contributed by atoms with van der Waals surface area (Å²) in [6, 6.07) is -0.384. The van der Waals surface area contributed by atoms with E-state index in [1.807, 2.05) is 0 Å². The first-order chi connectivity index (χ1) is 25.8. The smallest absolute Gasteiger partial charge is 0.407 e. The van der Waals surface area contributed by atoms with Crippen molar-refractivity contribution in [3.8, 4) is 0 Å². The number of allylic oxidation sites excluding steroid dienone is 1. The summed E-state index contributed by atoms with van der Waals surface area (Å²) in [6.07, 6.45) is 18.3. The molecule has 10 heteroatoms. The Hall–Kier alpha value is -2.62. The van der Waals surface area contributed by atoms with Crippen LogP contribution in [0.3, 0.4) is 0 Å². The van der Waals surface area contributed by atoms with Crippen LogP contribution in [-0.4, -0.2) is 78.9 Å². The highest BCUT2D eigenvalue weighted by molar-refractivity contribution is 5.81. The van der Waals surface area contributed by atoms with E-state index in [9.17, 15) is 24.3 Å². The van der Waals surface area contributed by atoms with Crippen molar-refractivity contribution in [3.05, 3.63) is 11.6 Å². The number of alkyl carbamates (subject to hydrolysis) is 1. The van der Waals surface area contributed by atoms with Gasteiger partial charge in [0.15, 0.2) is 0 Å². The van der Waals surface area contributed by atoms with Crippen molar-refractivity contribution in [2.75, 3.05) is 26.7 Å². The molecule has 0 bridgehead atoms. The average molecular weight is 756 g/mol. The van der Waals surface area contributed by atoms with E-state index in [0.29, 0.717) is 31.2 Å². The van der Waals surface area contributed by atoms with Crippen molar-refractivity contribution in [3.63, 3.8) is 0 Å². The van der Waals surface area contributed by atoms with Gasteiger partial charge in [-0.1, -0.05) is 72.0 Å². The summed E-state index contributed by atoms with van der Waals surface area (Å²) in [5.41, 5.74) is 2.25. The summed E-state index contributed by atoms with van der Waals surface area (Å²) in [5, 5.41) is 15.2. The molecular formula is C44H73N3O7. The first-order valence-electron chi connectivity index (χ1n) is 21.7. The molecule has 3 unspecified atom stereocenters. The lowest BCUT2D eigenvalue weighted by Gasteiger charge is -2.58. The van der Waals surface area contributed by atoms with Crippen LogP contribution < -0.4 is 10.6 Å². The molecule has 3 N–H and O–H groups in total. The van der Waals surface area contributed by atoms with Gasteiger partial charge in [0.05, 0.1) is 25.6 Å². The Morgan fingerprint density at radius 3 is 2.44 bits per heavy atom. The van der Waals surface area contributed by atoms with Gasteiger partial charge < -0.3 is 30.1 Å². The second-order valence-corrected chi connectivity index (χ2v) is 18.7. The number of rotatable bonds is 17. The van der Waals surface area contributed by atoms with Crippen molar-refractivity contribution < 1.29 is 33.8 Å². The van der Waals surface area contributed by atoms with Gasteiger partial charge in [0, 0.05) is 39.3 Å². The Balaban J connectivity index is 0.992. The first kappa shape index (κ1) is 42.5. The Labute approximate surface area is 325 Å². The minimum atomic E-state index is -0.482. The van der Waals surface area contributed by atoms with Crippen LogP contribution in [0.15, 0.2) is 11.6 Å². The SMILES string of the molecule is CNC(=O)CCC(=O)O[C@@H]1C[C@@H](CO)N(C(=O)CCCCCNC(=O)O[C@H]2CC[C@@]3(C)C(=CCC4C3CC[C@@]3(C)C4CC[C@@H]3[C@H](C)CCCC(C)C)C2)C1. The highest BCUT2D eigenvalue weighted by atomic mass is 16.6. The van der Waals surface area contributed by atoms with Gasteiger partial charge in [-0.15, -0.1) is 0 Å². The lowest BCUT2D eigenvalue weighted by atomic mass is 9.47. The summed E-state index contributed by atoms with van der Waals surface area (Å²) in [7, 11) is 1.51. The fourth-order valence-corrected chi connectivity index (χ4v) is 11.9. The summed E-state index contributed by atoms with van der Waals surface area (Å²) < 4.78 is 11.4. The van der Waals surface area contributed by atoms with Crippen LogP contribution in [-0.2, 0) is 23.9 Å². The van der Waals surface area contributed by atoms with Gasteiger partial charge in [0.1, 0.15) is 12.2 Å². The largest absolute Gasteiger partial charge is 0.460 e. The molecule has 10 nitrogen and oxygen atoms in total. The molecular weight excluding hydrogens is 682 g/mol. The predicted molar refractivity (Wildman–Crippen MR) is 210 cm³/mol. The van der Waals surface area contributed by atoms with Crippen LogP contribution in [0.5, 0.6) is 0 Å². The number of aliphatic hydroxyl groups excluding tert-OH is 1. The zero-order chi connectivity index (χ0) is 39.0. The fraction of sp³-hybridized carbons (Fsp3) is 0.864. The quantitative estimate of drug-likeness (QED) is 0.0787. The van der Waals surface area contributed by atoms with Crippen molar-refractivity contribution >= 4 is 23.9 Å². The number of hydrogen-bond donors (Lipinski definition) is 3. The molecule has 54 heavy (non-hydrogen) atoms. The van der Waals surface area contributed by atoms with Gasteiger partial charge in [-0.2, -0.15) is 0 Å². The molecule has 306 valence electrons. The van der Waals surface area contributed by atoms with Crippen molar-refractivity contribution in [1.29, 1.82) is 0 Å². The van der Waals surface area contributed by atoms with Gasteiger partial charge in [-0.25, -0.2) is 4.79 Å². The number of unbranched alkanes of at least 4 members (excludes halogenated alkanes) is 2. The number of nitrogens with zero attached hydrogens (tertiary/aromatic N) is 1. The maximum absolute atomic E-state index is 12.9. The summed E-state index contributed by atoms with van der Waals surface area (Å²) in [5.74, 6) is 4.10. The van der Waals surface area contributed by atoms with E-state index >= 15 is 0 Å². The van der Waals surface area contributed by atoms with E-state index < -0.39 is 12.1 Å². The topological polar surface area (TPSA) is 134 Å². The summed E-state index contributed by atoms with van der Waals surface area (Å²) >= 11 is 0. The number of likely N-dealkylation sites (tertiary alicyclic amines) is 1. The van der Waals surface area contributed by atoms with Crippen molar-refractivity contribution in [2.45, 2.75) is 168 Å². The van der Waals surface area contributed by atoms with Gasteiger partial charge >= 0.3 is 12.1 Å². The monoisotopic (exact) mass is 756 g/mol. The maximum atomic E-state index is 12.9. The van der Waals surface area contributed by atoms with E-state index in [-0.39, 0.29) is 61.5 Å². The molecule has 0 aromatic rings. The fourth-order valence-electron chi connectivity index (χ4n) is 11.9. The number of hydrogen-bond acceptors (Lipinski definition) is 7. The lowest BCUT2D eigenvalue weighted by molar-refractivity contribution is -0.150. The zero-order valence-corrected chi connectivity index (χ0v) is 34.5. The molecule has 0 spiro atoms. The third-order valence-corrected chi connectivity index (χ3v) is 14.9. The minimum absolute atomic E-state index is 0.0205. The highest BCUT2D eigenvalue weighted by Crippen LogP contribution is 2.67. The molecule has 3 amide bonds. The Morgan fingerprint density at radius 1 is 0.907 bits per heavy atom. The summed E-state index contributed by atoms with van der Waals surface area (Å²) in [6.45, 7) is 13.0. The summed E-state index contributed by atoms with van der Waals surface area (Å²) in [4.78, 5) is 50.9. The van der Waals surface area contributed by atoms with Crippen LogP contribution in [0.25, 0.3) is 0 Å². The molecule has 1 saturated heterocycles. The number of fused-ring (bicyclic) bond motifs is 5. The van der Waals surface area contributed by atoms with Gasteiger partial charge in [-0.3, -0.25) is 14.4 Å². The van der Waals surface area contributed by atoms with Crippen molar-refractivity contribution in [1.82, 2.24) is 15.5 Å². The van der Waals surface area contributed by atoms with Crippen LogP contribution >= 0.6 is 0 Å². The molecule has 1 heterocycles. The van der Waals surface area contributed by atoms with E-state index in [1.54, 1.807) is 4.90 Å². The van der Waals surface area contributed by atoms with Crippen LogP contribution in [0, 0.1) is 46.3 Å². The van der Waals surface area contributed by atoms with Gasteiger partial charge in [-0.05, 0) is 104 Å². The van der Waals surface area contributed by atoms with E-state index in [2.05, 4.69) is 51.3 Å². The predicted octanol–water partition coefficient (Wildman–Crippen LogP) is 7.71. The molecule has 4 aliphatic carbocycles. The van der Waals surface area contributed by atoms with E-state index in [4.69, 9.17) is 9.47 Å². The van der Waals surface area contributed by atoms with Crippen molar-refractivity contribution in [2.24, 2.45) is 46.3 Å². The molecule has 4 fully saturated rings. The Kier molecular flexibility index (Phi) is 15.0. The minimum Gasteiger partial charge on any atom is -0.460 e. The molecule has 0 aromatic heterocycles. The second-order valence-electron chi connectivity index (χ2n) is 18.7. The molecule has 5 rings (SSSR count). The van der Waals surface area contributed by atoms with Crippen LogP contribution in [0.1, 0.15) is 150 Å². The number of carbonyl (C=O) groups excluding carboxylic acids is 4. The third-order valence-electron chi connectivity index (χ3n) is 14.9. The van der Waals surface area contributed by atoms with Crippen LogP contribution in [0.2, 0.25) is 0 Å². The van der Waals surface area contributed by atoms with Gasteiger partial charge in [0.25, 0.3) is 0 Å². The first-order valence-corrected chi connectivity index (χ1v) is 21.7. The Bertz CT molecular complexity index is 1330. The second kappa shape index (κ2) is 19.0. The maximum Gasteiger partial charge on any atom is 0.407 e. The van der Waals surface area contributed by atoms with E-state index in [0.717, 1.165) is 67.6 Å². The van der Waals surface area contributed by atoms with Crippen LogP contribution in [0.4, 0.5) is 4.79 Å². The standard InChI is InChI=1S/C44H73N3O7/c1-29(2)11-10-12-30(3)36-16-17-37-35-15-14-31-25-33(20-22-43(31,4)38(35)21-23-44(36,37)5)54-42(52)46-24-9-7-8-13-40(50)47-27-34(26-32(47)28-48)53-41(51)19-18-39(49)45-6/h14,29-30,32-38,48H,7-13,15-28H2,1-6H3,(H,45,49)(H,46,52)/t30-,32+,33+,34-,35?,36-,37?,38?,43+,44-/m1/s1. The van der Waals surface area contributed by atoms with Gasteiger partial charge in [0.2, 0.25) is 11.8 Å². The number of carbonyl (C=O) groups is 4. The number of ether oxygens (including phenoxy) is 2. The molecule has 10 atom stereocenters. The normalized spacial score (nSPS) is 33.6. The number of amides is 3. The van der Waals surface area contributed by atoms with E-state index in [1.165, 1.54) is 64.0 Å². The lowest BCUT2D eigenvalue weighted by Crippen LogP contribution is -2.51.